The summed E-state index contributed by atoms with van der Waals surface area (Å²) < 4.78 is 1.86. The van der Waals surface area contributed by atoms with Crippen molar-refractivity contribution in [1.82, 2.24) is 14.8 Å². The number of pyridine rings is 1. The Morgan fingerprint density at radius 3 is 3.21 bits per heavy atom. The minimum Gasteiger partial charge on any atom is -0.304 e. The largest absolute Gasteiger partial charge is 0.304 e. The van der Waals surface area contributed by atoms with Crippen LogP contribution in [0.2, 0.25) is 0 Å². The number of hydrogen-bond acceptors (Lipinski definition) is 3. The molecule has 0 aliphatic rings. The second-order valence-electron chi connectivity index (χ2n) is 2.92. The van der Waals surface area contributed by atoms with Gasteiger partial charge in [0.05, 0.1) is 12.1 Å². The van der Waals surface area contributed by atoms with Crippen LogP contribution in [0, 0.1) is 0 Å². The lowest BCUT2D eigenvalue weighted by Crippen LogP contribution is -2.31. The highest BCUT2D eigenvalue weighted by atomic mass is 16.2. The number of hydrogen-bond donors (Lipinski definition) is 2. The monoisotopic (exact) mass is 190 g/mol. The normalized spacial score (nSPS) is 10.4. The van der Waals surface area contributed by atoms with E-state index >= 15 is 0 Å². The zero-order valence-corrected chi connectivity index (χ0v) is 7.47. The van der Waals surface area contributed by atoms with Crippen LogP contribution in [0.4, 0.5) is 0 Å². The van der Waals surface area contributed by atoms with Crippen LogP contribution in [-0.4, -0.2) is 15.3 Å². The molecule has 0 bridgehead atoms. The molecule has 0 radical (unpaired) electrons. The summed E-state index contributed by atoms with van der Waals surface area (Å²) in [7, 11) is 0. The van der Waals surface area contributed by atoms with Crippen LogP contribution in [0.25, 0.3) is 5.65 Å². The average molecular weight is 190 g/mol. The van der Waals surface area contributed by atoms with Gasteiger partial charge in [-0.3, -0.25) is 10.2 Å². The number of hydrazine groups is 1. The topological polar surface area (TPSA) is 72.4 Å². The number of carbonyl (C=O) groups excluding carboxylic acids is 1. The Balaban J connectivity index is 2.38. The lowest BCUT2D eigenvalue weighted by atomic mass is 10.3. The molecule has 5 heteroatoms. The number of imidazole rings is 1. The highest BCUT2D eigenvalue weighted by Gasteiger charge is 2.06. The molecule has 0 saturated carbocycles. The Morgan fingerprint density at radius 1 is 1.57 bits per heavy atom. The molecule has 5 nitrogen and oxygen atoms in total. The minimum absolute atomic E-state index is 0.226. The summed E-state index contributed by atoms with van der Waals surface area (Å²) in [6, 6.07) is 5.66. The van der Waals surface area contributed by atoms with E-state index in [4.69, 9.17) is 5.84 Å². The smallest absolute Gasteiger partial charge is 0.239 e. The molecule has 2 aromatic rings. The fourth-order valence-corrected chi connectivity index (χ4v) is 1.33. The van der Waals surface area contributed by atoms with Gasteiger partial charge in [-0.15, -0.1) is 0 Å². The van der Waals surface area contributed by atoms with E-state index in [1.165, 1.54) is 0 Å². The highest BCUT2D eigenvalue weighted by Crippen LogP contribution is 2.06. The summed E-state index contributed by atoms with van der Waals surface area (Å²) in [5.74, 6) is 4.78. The first kappa shape index (κ1) is 8.71. The van der Waals surface area contributed by atoms with Crippen molar-refractivity contribution in [2.24, 2.45) is 5.84 Å². The molecule has 14 heavy (non-hydrogen) atoms. The first-order valence-electron chi connectivity index (χ1n) is 4.21. The molecule has 1 amide bonds. The van der Waals surface area contributed by atoms with Gasteiger partial charge in [0.2, 0.25) is 5.91 Å². The summed E-state index contributed by atoms with van der Waals surface area (Å²) in [5, 5.41) is 0. The van der Waals surface area contributed by atoms with E-state index in [1.807, 2.05) is 28.8 Å². The van der Waals surface area contributed by atoms with Crippen LogP contribution >= 0.6 is 0 Å². The Morgan fingerprint density at radius 2 is 2.43 bits per heavy atom. The lowest BCUT2D eigenvalue weighted by Gasteiger charge is -1.99. The number of nitrogens with two attached hydrogens (primary N) is 1. The van der Waals surface area contributed by atoms with Gasteiger partial charge in [-0.25, -0.2) is 10.8 Å². The molecule has 72 valence electrons. The standard InChI is InChI=1S/C9H10N4O/c10-12-9(14)5-7-6-11-8-3-1-2-4-13(7)8/h1-4,6H,5,10H2,(H,12,14). The van der Waals surface area contributed by atoms with Gasteiger partial charge < -0.3 is 4.40 Å². The molecule has 0 atom stereocenters. The number of carbonyl (C=O) groups is 1. The molecule has 0 aromatic carbocycles. The zero-order chi connectivity index (χ0) is 9.97. The lowest BCUT2D eigenvalue weighted by molar-refractivity contribution is -0.120. The third kappa shape index (κ3) is 1.45. The van der Waals surface area contributed by atoms with Crippen LogP contribution < -0.4 is 11.3 Å². The Kier molecular flexibility index (Phi) is 2.16. The van der Waals surface area contributed by atoms with Crippen molar-refractivity contribution in [3.8, 4) is 0 Å². The molecule has 0 aliphatic carbocycles. The van der Waals surface area contributed by atoms with E-state index in [9.17, 15) is 4.79 Å². The quantitative estimate of drug-likeness (QED) is 0.393. The summed E-state index contributed by atoms with van der Waals surface area (Å²) in [4.78, 5) is 15.2. The average Bonchev–Trinajstić information content (AvgIpc) is 2.62. The fourth-order valence-electron chi connectivity index (χ4n) is 1.33. The molecule has 0 aliphatic heterocycles. The Labute approximate surface area is 80.5 Å². The van der Waals surface area contributed by atoms with Gasteiger partial charge in [0.15, 0.2) is 0 Å². The van der Waals surface area contributed by atoms with Gasteiger partial charge in [-0.05, 0) is 12.1 Å². The molecule has 3 N–H and O–H groups in total. The Bertz CT molecular complexity index is 463. The number of aromatic nitrogens is 2. The second kappa shape index (κ2) is 3.47. The summed E-state index contributed by atoms with van der Waals surface area (Å²) >= 11 is 0. The summed E-state index contributed by atoms with van der Waals surface area (Å²) in [6.07, 6.45) is 3.77. The molecule has 2 aromatic heterocycles. The SMILES string of the molecule is NNC(=O)Cc1cnc2ccccn12. The van der Waals surface area contributed by atoms with Gasteiger partial charge in [0.25, 0.3) is 0 Å². The highest BCUT2D eigenvalue weighted by molar-refractivity contribution is 5.77. The van der Waals surface area contributed by atoms with Crippen molar-refractivity contribution < 1.29 is 4.79 Å². The number of rotatable bonds is 2. The molecular weight excluding hydrogens is 180 g/mol. The summed E-state index contributed by atoms with van der Waals surface area (Å²) in [6.45, 7) is 0. The van der Waals surface area contributed by atoms with Crippen LogP contribution in [-0.2, 0) is 11.2 Å². The van der Waals surface area contributed by atoms with E-state index in [-0.39, 0.29) is 12.3 Å². The minimum atomic E-state index is -0.226. The number of nitrogens with zero attached hydrogens (tertiary/aromatic N) is 2. The van der Waals surface area contributed by atoms with E-state index in [0.29, 0.717) is 0 Å². The van der Waals surface area contributed by atoms with Gasteiger partial charge in [-0.2, -0.15) is 0 Å². The number of nitrogens with one attached hydrogen (secondary N) is 1. The second-order valence-corrected chi connectivity index (χ2v) is 2.92. The molecule has 0 fully saturated rings. The van der Waals surface area contributed by atoms with E-state index in [0.717, 1.165) is 11.3 Å². The Hall–Kier alpha value is -1.88. The first-order valence-corrected chi connectivity index (χ1v) is 4.21. The van der Waals surface area contributed by atoms with Gasteiger partial charge in [0, 0.05) is 12.4 Å². The predicted molar refractivity (Wildman–Crippen MR) is 51.2 cm³/mol. The molecule has 0 saturated heterocycles. The van der Waals surface area contributed by atoms with E-state index < -0.39 is 0 Å². The molecule has 0 spiro atoms. The first-order chi connectivity index (χ1) is 6.81. The maximum Gasteiger partial charge on any atom is 0.239 e. The van der Waals surface area contributed by atoms with Gasteiger partial charge >= 0.3 is 0 Å². The van der Waals surface area contributed by atoms with Crippen molar-refractivity contribution in [3.05, 3.63) is 36.3 Å². The van der Waals surface area contributed by atoms with Gasteiger partial charge in [0.1, 0.15) is 5.65 Å². The van der Waals surface area contributed by atoms with Crippen molar-refractivity contribution in [2.45, 2.75) is 6.42 Å². The van der Waals surface area contributed by atoms with Crippen LogP contribution in [0.3, 0.4) is 0 Å². The van der Waals surface area contributed by atoms with Crippen molar-refractivity contribution in [1.29, 1.82) is 0 Å². The maximum atomic E-state index is 11.0. The third-order valence-electron chi connectivity index (χ3n) is 2.00. The number of fused-ring (bicyclic) bond motifs is 1. The fraction of sp³-hybridized carbons (Fsp3) is 0.111. The van der Waals surface area contributed by atoms with Crippen LogP contribution in [0.15, 0.2) is 30.6 Å². The van der Waals surface area contributed by atoms with Crippen molar-refractivity contribution >= 4 is 11.6 Å². The third-order valence-corrected chi connectivity index (χ3v) is 2.00. The van der Waals surface area contributed by atoms with Gasteiger partial charge in [-0.1, -0.05) is 6.07 Å². The van der Waals surface area contributed by atoms with E-state index in [2.05, 4.69) is 10.4 Å². The van der Waals surface area contributed by atoms with Crippen molar-refractivity contribution in [2.75, 3.05) is 0 Å². The molecular formula is C9H10N4O. The zero-order valence-electron chi connectivity index (χ0n) is 7.47. The van der Waals surface area contributed by atoms with E-state index in [1.54, 1.807) is 6.20 Å². The predicted octanol–water partition coefficient (Wildman–Crippen LogP) is -0.133. The maximum absolute atomic E-state index is 11.0. The van der Waals surface area contributed by atoms with Crippen molar-refractivity contribution in [3.63, 3.8) is 0 Å². The van der Waals surface area contributed by atoms with Crippen LogP contribution in [0.5, 0.6) is 0 Å². The van der Waals surface area contributed by atoms with Crippen LogP contribution in [0.1, 0.15) is 5.69 Å². The molecule has 2 heterocycles. The molecule has 2 rings (SSSR count). The number of amides is 1. The molecule has 0 unspecified atom stereocenters. The summed E-state index contributed by atoms with van der Waals surface area (Å²) in [5.41, 5.74) is 3.74.